The summed E-state index contributed by atoms with van der Waals surface area (Å²) < 4.78 is 28.3. The second-order valence-corrected chi connectivity index (χ2v) is 9.26. The quantitative estimate of drug-likeness (QED) is 0.203. The van der Waals surface area contributed by atoms with Crippen LogP contribution < -0.4 is 4.90 Å². The van der Waals surface area contributed by atoms with Crippen LogP contribution >= 0.6 is 27.3 Å². The largest absolute Gasteiger partial charge is 0.507 e. The Balaban J connectivity index is 1.74. The van der Waals surface area contributed by atoms with Gasteiger partial charge in [0.25, 0.3) is 5.78 Å². The van der Waals surface area contributed by atoms with Gasteiger partial charge in [-0.1, -0.05) is 39.4 Å². The van der Waals surface area contributed by atoms with Crippen LogP contribution in [0.15, 0.2) is 76.8 Å². The minimum absolute atomic E-state index is 0.143. The molecule has 5 rings (SSSR count). The molecular weight excluding hydrogens is 514 g/mol. The number of carbonyl (C=O) groups excluding carboxylic acids is 2. The van der Waals surface area contributed by atoms with E-state index in [2.05, 4.69) is 20.9 Å². The maximum absolute atomic E-state index is 13.7. The van der Waals surface area contributed by atoms with Crippen LogP contribution in [-0.2, 0) is 9.59 Å². The van der Waals surface area contributed by atoms with Gasteiger partial charge in [0.15, 0.2) is 5.13 Å². The van der Waals surface area contributed by atoms with E-state index in [4.69, 9.17) is 0 Å². The van der Waals surface area contributed by atoms with Crippen molar-refractivity contribution in [3.63, 3.8) is 0 Å². The molecule has 1 fully saturated rings. The third kappa shape index (κ3) is 3.73. The molecule has 1 amide bonds. The summed E-state index contributed by atoms with van der Waals surface area (Å²) in [5.41, 5.74) is 1.08. The lowest BCUT2D eigenvalue weighted by molar-refractivity contribution is -0.132. The van der Waals surface area contributed by atoms with Gasteiger partial charge in [-0.15, -0.1) is 0 Å². The summed E-state index contributed by atoms with van der Waals surface area (Å²) in [5, 5.41) is 11.2. The summed E-state index contributed by atoms with van der Waals surface area (Å²) in [4.78, 5) is 31.9. The average molecular weight is 527 g/mol. The summed E-state index contributed by atoms with van der Waals surface area (Å²) in [6, 6.07) is 15.0. The highest BCUT2D eigenvalue weighted by Gasteiger charge is 2.48. The van der Waals surface area contributed by atoms with Crippen LogP contribution in [-0.4, -0.2) is 21.8 Å². The molecule has 0 unspecified atom stereocenters. The summed E-state index contributed by atoms with van der Waals surface area (Å²) >= 11 is 4.46. The van der Waals surface area contributed by atoms with E-state index < -0.39 is 35.1 Å². The molecule has 4 aromatic rings. The van der Waals surface area contributed by atoms with Gasteiger partial charge < -0.3 is 5.11 Å². The van der Waals surface area contributed by atoms with E-state index in [1.165, 1.54) is 35.2 Å². The lowest BCUT2D eigenvalue weighted by Gasteiger charge is -2.23. The van der Waals surface area contributed by atoms with Crippen LogP contribution in [0.4, 0.5) is 13.9 Å². The van der Waals surface area contributed by atoms with Crippen molar-refractivity contribution in [1.29, 1.82) is 0 Å². The highest BCUT2D eigenvalue weighted by molar-refractivity contribution is 9.10. The van der Waals surface area contributed by atoms with Gasteiger partial charge in [-0.25, -0.2) is 13.8 Å². The zero-order valence-electron chi connectivity index (χ0n) is 16.6. The number of benzene rings is 3. The van der Waals surface area contributed by atoms with Crippen molar-refractivity contribution in [3.05, 3.63) is 99.5 Å². The summed E-state index contributed by atoms with van der Waals surface area (Å²) in [6.45, 7) is 0. The van der Waals surface area contributed by atoms with Gasteiger partial charge in [-0.05, 0) is 60.2 Å². The molecule has 1 aliphatic rings. The Bertz CT molecular complexity index is 1470. The summed E-state index contributed by atoms with van der Waals surface area (Å²) in [5.74, 6) is -3.14. The standard InChI is InChI=1S/C24H13BrF2N2O3S/c25-14-3-1-2-13(10-14)20-19(21(30)12-4-6-15(26)7-5-12)22(31)23(32)29(20)24-28-17-9-8-16(27)11-18(17)33-24/h1-11,20,30H/b21-19+/t20-/m1/s1. The van der Waals surface area contributed by atoms with Crippen molar-refractivity contribution in [2.75, 3.05) is 4.90 Å². The molecule has 164 valence electrons. The number of rotatable bonds is 3. The molecule has 0 bridgehead atoms. The van der Waals surface area contributed by atoms with E-state index in [-0.39, 0.29) is 16.3 Å². The molecule has 2 heterocycles. The fourth-order valence-electron chi connectivity index (χ4n) is 3.77. The molecule has 1 aliphatic heterocycles. The number of hydrogen-bond donors (Lipinski definition) is 1. The zero-order chi connectivity index (χ0) is 23.3. The van der Waals surface area contributed by atoms with Gasteiger partial charge >= 0.3 is 5.91 Å². The SMILES string of the molecule is O=C1C(=O)N(c2nc3ccc(F)cc3s2)[C@H](c2cccc(Br)c2)/C1=C(\O)c1ccc(F)cc1. The number of carbonyl (C=O) groups is 2. The van der Waals surface area contributed by atoms with Crippen molar-refractivity contribution in [2.45, 2.75) is 6.04 Å². The molecule has 0 aliphatic carbocycles. The van der Waals surface area contributed by atoms with E-state index in [0.717, 1.165) is 23.5 Å². The maximum Gasteiger partial charge on any atom is 0.301 e. The Morgan fingerprint density at radius 2 is 1.73 bits per heavy atom. The Labute approximate surface area is 198 Å². The molecule has 9 heteroatoms. The van der Waals surface area contributed by atoms with Gasteiger partial charge in [0.2, 0.25) is 0 Å². The van der Waals surface area contributed by atoms with Gasteiger partial charge in [-0.3, -0.25) is 14.5 Å². The van der Waals surface area contributed by atoms with Crippen LogP contribution in [0.5, 0.6) is 0 Å². The number of halogens is 3. The Morgan fingerprint density at radius 3 is 2.45 bits per heavy atom. The number of ketones is 1. The fraction of sp³-hybridized carbons (Fsp3) is 0.0417. The molecule has 33 heavy (non-hydrogen) atoms. The van der Waals surface area contributed by atoms with Crippen LogP contribution in [0.2, 0.25) is 0 Å². The number of aliphatic hydroxyl groups is 1. The number of thiazole rings is 1. The molecule has 0 radical (unpaired) electrons. The number of Topliss-reactive ketones (excluding diaryl/α,β-unsaturated/α-hetero) is 1. The molecule has 1 N–H and O–H groups in total. The predicted octanol–water partition coefficient (Wildman–Crippen LogP) is 5.96. The van der Waals surface area contributed by atoms with Crippen molar-refractivity contribution in [3.8, 4) is 0 Å². The van der Waals surface area contributed by atoms with E-state index in [0.29, 0.717) is 20.3 Å². The van der Waals surface area contributed by atoms with Gasteiger partial charge in [0.1, 0.15) is 17.4 Å². The van der Waals surface area contributed by atoms with Crippen LogP contribution in [0.3, 0.4) is 0 Å². The number of aliphatic hydroxyl groups excluding tert-OH is 1. The maximum atomic E-state index is 13.7. The summed E-state index contributed by atoms with van der Waals surface area (Å²) in [7, 11) is 0. The normalized spacial score (nSPS) is 17.8. The van der Waals surface area contributed by atoms with E-state index in [1.54, 1.807) is 24.3 Å². The molecular formula is C24H13BrF2N2O3S. The van der Waals surface area contributed by atoms with Crippen molar-refractivity contribution in [1.82, 2.24) is 4.98 Å². The smallest absolute Gasteiger partial charge is 0.301 e. The second-order valence-electron chi connectivity index (χ2n) is 7.34. The third-order valence-electron chi connectivity index (χ3n) is 5.27. The number of amides is 1. The van der Waals surface area contributed by atoms with Crippen LogP contribution in [0.25, 0.3) is 16.0 Å². The first-order chi connectivity index (χ1) is 15.8. The highest BCUT2D eigenvalue weighted by atomic mass is 79.9. The molecule has 5 nitrogen and oxygen atoms in total. The predicted molar refractivity (Wildman–Crippen MR) is 125 cm³/mol. The minimum atomic E-state index is -0.988. The number of hydrogen-bond acceptors (Lipinski definition) is 5. The monoisotopic (exact) mass is 526 g/mol. The molecule has 0 saturated carbocycles. The van der Waals surface area contributed by atoms with Crippen molar-refractivity contribution < 1.29 is 23.5 Å². The highest BCUT2D eigenvalue weighted by Crippen LogP contribution is 2.44. The van der Waals surface area contributed by atoms with Crippen LogP contribution in [0.1, 0.15) is 17.2 Å². The first-order valence-corrected chi connectivity index (χ1v) is 11.3. The van der Waals surface area contributed by atoms with Gasteiger partial charge in [-0.2, -0.15) is 0 Å². The number of anilines is 1. The number of aromatic nitrogens is 1. The number of fused-ring (bicyclic) bond motifs is 1. The number of nitrogens with zero attached hydrogens (tertiary/aromatic N) is 2. The van der Waals surface area contributed by atoms with Crippen molar-refractivity contribution in [2.24, 2.45) is 0 Å². The lowest BCUT2D eigenvalue weighted by Crippen LogP contribution is -2.29. The Morgan fingerprint density at radius 1 is 1.00 bits per heavy atom. The first kappa shape index (κ1) is 21.4. The van der Waals surface area contributed by atoms with Crippen molar-refractivity contribution >= 4 is 60.1 Å². The molecule has 3 aromatic carbocycles. The summed E-state index contributed by atoms with van der Waals surface area (Å²) in [6.07, 6.45) is 0. The molecule has 1 aromatic heterocycles. The fourth-order valence-corrected chi connectivity index (χ4v) is 5.21. The third-order valence-corrected chi connectivity index (χ3v) is 6.78. The molecule has 1 atom stereocenters. The van der Waals surface area contributed by atoms with Gasteiger partial charge in [0, 0.05) is 10.0 Å². The minimum Gasteiger partial charge on any atom is -0.507 e. The topological polar surface area (TPSA) is 70.5 Å². The lowest BCUT2D eigenvalue weighted by atomic mass is 9.95. The first-order valence-electron chi connectivity index (χ1n) is 9.72. The average Bonchev–Trinajstić information content (AvgIpc) is 3.32. The zero-order valence-corrected chi connectivity index (χ0v) is 19.0. The Kier molecular flexibility index (Phi) is 5.30. The Hall–Kier alpha value is -3.43. The van der Waals surface area contributed by atoms with E-state index >= 15 is 0 Å². The molecule has 1 saturated heterocycles. The van der Waals surface area contributed by atoms with Crippen LogP contribution in [0, 0.1) is 11.6 Å². The second kappa shape index (κ2) is 8.17. The van der Waals surface area contributed by atoms with Gasteiger partial charge in [0.05, 0.1) is 21.8 Å². The van der Waals surface area contributed by atoms with E-state index in [1.807, 2.05) is 0 Å². The van der Waals surface area contributed by atoms with E-state index in [9.17, 15) is 23.5 Å². The molecule has 0 spiro atoms.